The fraction of sp³-hybridized carbons (Fsp3) is 0.533. The summed E-state index contributed by atoms with van der Waals surface area (Å²) in [5.41, 5.74) is 1.75. The van der Waals surface area contributed by atoms with E-state index in [1.165, 1.54) is 0 Å². The summed E-state index contributed by atoms with van der Waals surface area (Å²) in [5.74, 6) is 0.364. The molecule has 18 heavy (non-hydrogen) atoms. The summed E-state index contributed by atoms with van der Waals surface area (Å²) in [4.78, 5) is 0. The van der Waals surface area contributed by atoms with Crippen LogP contribution in [-0.4, -0.2) is 17.8 Å². The number of nitrogens with zero attached hydrogens (tertiary/aromatic N) is 1. The number of benzene rings is 1. The van der Waals surface area contributed by atoms with Crippen LogP contribution < -0.4 is 5.32 Å². The van der Waals surface area contributed by atoms with Crippen LogP contribution in [0.2, 0.25) is 0 Å². The second-order valence-electron chi connectivity index (χ2n) is 4.59. The highest BCUT2D eigenvalue weighted by Crippen LogP contribution is 2.12. The lowest BCUT2D eigenvalue weighted by molar-refractivity contribution is 0.101. The molecule has 0 aliphatic rings. The summed E-state index contributed by atoms with van der Waals surface area (Å²) in [7, 11) is 0. The average molecular weight is 246 g/mol. The van der Waals surface area contributed by atoms with Crippen molar-refractivity contribution in [2.75, 3.05) is 6.54 Å². The number of rotatable bonds is 7. The Bertz CT molecular complexity index is 394. The van der Waals surface area contributed by atoms with Gasteiger partial charge in [-0.3, -0.25) is 0 Å². The minimum absolute atomic E-state index is 0.292. The molecule has 0 fully saturated rings. The zero-order valence-electron chi connectivity index (χ0n) is 11.2. The van der Waals surface area contributed by atoms with E-state index in [1.807, 2.05) is 18.2 Å². The summed E-state index contributed by atoms with van der Waals surface area (Å²) in [6.07, 6.45) is 1.71. The predicted molar refractivity (Wildman–Crippen MR) is 72.9 cm³/mol. The monoisotopic (exact) mass is 246 g/mol. The van der Waals surface area contributed by atoms with Crippen LogP contribution in [-0.2, 0) is 6.54 Å². The highest BCUT2D eigenvalue weighted by atomic mass is 16.3. The SMILES string of the molecule is CCC(CC)C(O)CNCc1cccc(C#N)c1. The molecule has 1 rings (SSSR count). The molecular formula is C15H22N2O. The first kappa shape index (κ1) is 14.7. The number of aliphatic hydroxyl groups is 1. The van der Waals surface area contributed by atoms with Crippen LogP contribution in [0.25, 0.3) is 0 Å². The van der Waals surface area contributed by atoms with Crippen molar-refractivity contribution in [2.24, 2.45) is 5.92 Å². The number of hydrogen-bond donors (Lipinski definition) is 2. The van der Waals surface area contributed by atoms with Crippen molar-refractivity contribution in [1.82, 2.24) is 5.32 Å². The van der Waals surface area contributed by atoms with E-state index in [-0.39, 0.29) is 6.10 Å². The highest BCUT2D eigenvalue weighted by Gasteiger charge is 2.14. The van der Waals surface area contributed by atoms with E-state index >= 15 is 0 Å². The van der Waals surface area contributed by atoms with Gasteiger partial charge in [0.25, 0.3) is 0 Å². The minimum Gasteiger partial charge on any atom is -0.392 e. The smallest absolute Gasteiger partial charge is 0.0991 e. The Morgan fingerprint density at radius 3 is 2.67 bits per heavy atom. The molecule has 0 aliphatic carbocycles. The summed E-state index contributed by atoms with van der Waals surface area (Å²) in [5, 5.41) is 22.0. The van der Waals surface area contributed by atoms with Crippen molar-refractivity contribution in [1.29, 1.82) is 5.26 Å². The average Bonchev–Trinajstić information content (AvgIpc) is 2.40. The van der Waals surface area contributed by atoms with Gasteiger partial charge < -0.3 is 10.4 Å². The Hall–Kier alpha value is -1.37. The third-order valence-corrected chi connectivity index (χ3v) is 3.33. The van der Waals surface area contributed by atoms with Gasteiger partial charge in [0.2, 0.25) is 0 Å². The first-order valence-corrected chi connectivity index (χ1v) is 6.59. The number of nitriles is 1. The molecule has 0 spiro atoms. The van der Waals surface area contributed by atoms with Gasteiger partial charge in [-0.1, -0.05) is 38.8 Å². The van der Waals surface area contributed by atoms with Crippen LogP contribution in [0.1, 0.15) is 37.8 Å². The molecule has 2 N–H and O–H groups in total. The van der Waals surface area contributed by atoms with Gasteiger partial charge in [0.15, 0.2) is 0 Å². The van der Waals surface area contributed by atoms with Crippen molar-refractivity contribution < 1.29 is 5.11 Å². The minimum atomic E-state index is -0.292. The van der Waals surface area contributed by atoms with E-state index in [0.717, 1.165) is 18.4 Å². The van der Waals surface area contributed by atoms with E-state index in [1.54, 1.807) is 6.07 Å². The molecule has 0 aromatic heterocycles. The van der Waals surface area contributed by atoms with Crippen LogP contribution in [0, 0.1) is 17.2 Å². The normalized spacial score (nSPS) is 12.4. The van der Waals surface area contributed by atoms with Gasteiger partial charge in [-0.2, -0.15) is 5.26 Å². The third kappa shape index (κ3) is 4.48. The fourth-order valence-corrected chi connectivity index (χ4v) is 2.11. The summed E-state index contributed by atoms with van der Waals surface area (Å²) in [6.45, 7) is 5.50. The van der Waals surface area contributed by atoms with Gasteiger partial charge in [0.05, 0.1) is 17.7 Å². The maximum absolute atomic E-state index is 9.97. The topological polar surface area (TPSA) is 56.0 Å². The molecule has 0 heterocycles. The van der Waals surface area contributed by atoms with Crippen molar-refractivity contribution in [3.63, 3.8) is 0 Å². The van der Waals surface area contributed by atoms with Crippen LogP contribution >= 0.6 is 0 Å². The predicted octanol–water partition coefficient (Wildman–Crippen LogP) is 2.44. The van der Waals surface area contributed by atoms with Crippen LogP contribution in [0.3, 0.4) is 0 Å². The van der Waals surface area contributed by atoms with Crippen molar-refractivity contribution in [3.05, 3.63) is 35.4 Å². The highest BCUT2D eigenvalue weighted by molar-refractivity contribution is 5.32. The molecular weight excluding hydrogens is 224 g/mol. The molecule has 1 unspecified atom stereocenters. The zero-order valence-corrected chi connectivity index (χ0v) is 11.2. The molecule has 0 saturated carbocycles. The van der Waals surface area contributed by atoms with Crippen LogP contribution in [0.5, 0.6) is 0 Å². The molecule has 0 bridgehead atoms. The van der Waals surface area contributed by atoms with E-state index < -0.39 is 0 Å². The lowest BCUT2D eigenvalue weighted by atomic mass is 9.96. The Labute approximate surface area is 109 Å². The molecule has 0 amide bonds. The van der Waals surface area contributed by atoms with E-state index in [0.29, 0.717) is 24.6 Å². The van der Waals surface area contributed by atoms with Crippen molar-refractivity contribution in [2.45, 2.75) is 39.3 Å². The maximum atomic E-state index is 9.97. The Kier molecular flexibility index (Phi) is 6.42. The lowest BCUT2D eigenvalue weighted by Gasteiger charge is -2.20. The number of hydrogen-bond acceptors (Lipinski definition) is 3. The summed E-state index contributed by atoms with van der Waals surface area (Å²) < 4.78 is 0. The van der Waals surface area contributed by atoms with Crippen LogP contribution in [0.15, 0.2) is 24.3 Å². The number of nitrogens with one attached hydrogen (secondary N) is 1. The molecule has 3 nitrogen and oxygen atoms in total. The van der Waals surface area contributed by atoms with Crippen molar-refractivity contribution >= 4 is 0 Å². The molecule has 0 aliphatic heterocycles. The van der Waals surface area contributed by atoms with E-state index in [9.17, 15) is 5.11 Å². The van der Waals surface area contributed by atoms with E-state index in [4.69, 9.17) is 5.26 Å². The quantitative estimate of drug-likeness (QED) is 0.777. The van der Waals surface area contributed by atoms with Gasteiger partial charge in [-0.05, 0) is 23.6 Å². The summed E-state index contributed by atoms with van der Waals surface area (Å²) in [6, 6.07) is 9.66. The molecule has 1 aromatic rings. The van der Waals surface area contributed by atoms with Gasteiger partial charge >= 0.3 is 0 Å². The Balaban J connectivity index is 2.39. The summed E-state index contributed by atoms with van der Waals surface area (Å²) >= 11 is 0. The second kappa shape index (κ2) is 7.86. The fourth-order valence-electron chi connectivity index (χ4n) is 2.11. The van der Waals surface area contributed by atoms with Gasteiger partial charge in [0.1, 0.15) is 0 Å². The second-order valence-corrected chi connectivity index (χ2v) is 4.59. The molecule has 98 valence electrons. The molecule has 1 atom stereocenters. The first-order chi connectivity index (χ1) is 8.71. The molecule has 0 saturated heterocycles. The van der Waals surface area contributed by atoms with Gasteiger partial charge in [-0.25, -0.2) is 0 Å². The Morgan fingerprint density at radius 1 is 1.33 bits per heavy atom. The van der Waals surface area contributed by atoms with Crippen LogP contribution in [0.4, 0.5) is 0 Å². The Morgan fingerprint density at radius 2 is 2.06 bits per heavy atom. The maximum Gasteiger partial charge on any atom is 0.0991 e. The van der Waals surface area contributed by atoms with Gasteiger partial charge in [0, 0.05) is 13.1 Å². The molecule has 0 radical (unpaired) electrons. The van der Waals surface area contributed by atoms with E-state index in [2.05, 4.69) is 25.2 Å². The zero-order chi connectivity index (χ0) is 13.4. The first-order valence-electron chi connectivity index (χ1n) is 6.59. The molecule has 3 heteroatoms. The largest absolute Gasteiger partial charge is 0.392 e. The third-order valence-electron chi connectivity index (χ3n) is 3.33. The van der Waals surface area contributed by atoms with Gasteiger partial charge in [-0.15, -0.1) is 0 Å². The molecule has 1 aromatic carbocycles. The standard InChI is InChI=1S/C15H22N2O/c1-3-14(4-2)15(18)11-17-10-13-7-5-6-12(8-13)9-16/h5-8,14-15,17-18H,3-4,10-11H2,1-2H3. The van der Waals surface area contributed by atoms with Crippen molar-refractivity contribution in [3.8, 4) is 6.07 Å². The lowest BCUT2D eigenvalue weighted by Crippen LogP contribution is -2.32. The number of aliphatic hydroxyl groups excluding tert-OH is 1.